The topological polar surface area (TPSA) is 72.2 Å². The number of nitrogen functional groups attached to an aromatic ring is 1. The van der Waals surface area contributed by atoms with Crippen molar-refractivity contribution in [2.24, 2.45) is 5.92 Å². The third-order valence-corrected chi connectivity index (χ3v) is 8.21. The minimum atomic E-state index is -4.82. The van der Waals surface area contributed by atoms with Crippen molar-refractivity contribution in [1.82, 2.24) is 0 Å². The fraction of sp³-hybridized carbons (Fsp3) is 0.200. The number of benzene rings is 3. The van der Waals surface area contributed by atoms with Crippen molar-refractivity contribution in [3.63, 3.8) is 0 Å². The summed E-state index contributed by atoms with van der Waals surface area (Å²) in [6.07, 6.45) is -5.33. The standard InChI is InChI=1S/C25H14Cl5F5N2O2/c26-14-3-2-11(8-12(14)17(38)7-9-1-4-16(31)22(36)21(9)32)37-23(39)19-18(24(19,29)30)10-5-13(25(33,34)35)20(28)15(27)6-10/h1-6,8,18-19H,7,36H2,(H,37,39). The second-order valence-electron chi connectivity index (χ2n) is 8.71. The van der Waals surface area contributed by atoms with Crippen molar-refractivity contribution in [3.8, 4) is 0 Å². The van der Waals surface area contributed by atoms with Gasteiger partial charge in [-0.05, 0) is 47.5 Å². The lowest BCUT2D eigenvalue weighted by Gasteiger charge is -2.13. The summed E-state index contributed by atoms with van der Waals surface area (Å²) < 4.78 is 66.1. The van der Waals surface area contributed by atoms with Crippen LogP contribution in [0.2, 0.25) is 15.1 Å². The number of nitrogens with one attached hydrogen (secondary N) is 1. The van der Waals surface area contributed by atoms with Gasteiger partial charge in [-0.2, -0.15) is 13.2 Å². The number of amides is 1. The molecular weight excluding hydrogens is 633 g/mol. The fourth-order valence-corrected chi connectivity index (χ4v) is 5.61. The molecular formula is C25H14Cl5F5N2O2. The maximum absolute atomic E-state index is 14.3. The van der Waals surface area contributed by atoms with Gasteiger partial charge in [-0.1, -0.05) is 40.9 Å². The number of anilines is 2. The van der Waals surface area contributed by atoms with Crippen LogP contribution in [-0.2, 0) is 17.4 Å². The van der Waals surface area contributed by atoms with E-state index < -0.39 is 73.4 Å². The Bertz CT molecular complexity index is 1510. The normalized spacial score (nSPS) is 18.1. The van der Waals surface area contributed by atoms with E-state index in [2.05, 4.69) is 5.32 Å². The zero-order valence-corrected chi connectivity index (χ0v) is 22.9. The van der Waals surface area contributed by atoms with Crippen molar-refractivity contribution in [3.05, 3.63) is 91.4 Å². The molecule has 0 heterocycles. The van der Waals surface area contributed by atoms with E-state index >= 15 is 0 Å². The highest BCUT2D eigenvalue weighted by Crippen LogP contribution is 2.66. The van der Waals surface area contributed by atoms with E-state index in [1.165, 1.54) is 18.2 Å². The molecule has 206 valence electrons. The number of alkyl halides is 5. The van der Waals surface area contributed by atoms with Crippen LogP contribution in [0.3, 0.4) is 0 Å². The van der Waals surface area contributed by atoms with E-state index in [-0.39, 0.29) is 27.4 Å². The van der Waals surface area contributed by atoms with Gasteiger partial charge in [0.15, 0.2) is 11.6 Å². The van der Waals surface area contributed by atoms with E-state index in [1.54, 1.807) is 0 Å². The van der Waals surface area contributed by atoms with Crippen LogP contribution in [0.5, 0.6) is 0 Å². The lowest BCUT2D eigenvalue weighted by atomic mass is 10.0. The predicted octanol–water partition coefficient (Wildman–Crippen LogP) is 8.48. The maximum atomic E-state index is 14.3. The van der Waals surface area contributed by atoms with Crippen LogP contribution in [-0.4, -0.2) is 16.0 Å². The Morgan fingerprint density at radius 2 is 1.64 bits per heavy atom. The Morgan fingerprint density at radius 1 is 0.974 bits per heavy atom. The van der Waals surface area contributed by atoms with Gasteiger partial charge in [-0.15, -0.1) is 23.2 Å². The smallest absolute Gasteiger partial charge is 0.394 e. The summed E-state index contributed by atoms with van der Waals surface area (Å²) >= 11 is 30.2. The van der Waals surface area contributed by atoms with Gasteiger partial charge in [0, 0.05) is 23.6 Å². The van der Waals surface area contributed by atoms with Gasteiger partial charge < -0.3 is 11.1 Å². The molecule has 39 heavy (non-hydrogen) atoms. The Morgan fingerprint density at radius 3 is 2.28 bits per heavy atom. The van der Waals surface area contributed by atoms with E-state index in [4.69, 9.17) is 63.7 Å². The van der Waals surface area contributed by atoms with Gasteiger partial charge in [0.25, 0.3) is 0 Å². The molecule has 0 spiro atoms. The number of Topliss-reactive ketones (excluding diaryl/α,β-unsaturated/α-hetero) is 1. The van der Waals surface area contributed by atoms with Gasteiger partial charge in [-0.25, -0.2) is 8.78 Å². The summed E-state index contributed by atoms with van der Waals surface area (Å²) in [6, 6.07) is 7.74. The van der Waals surface area contributed by atoms with Crippen LogP contribution in [0.25, 0.3) is 0 Å². The first-order valence-electron chi connectivity index (χ1n) is 10.8. The van der Waals surface area contributed by atoms with Crippen LogP contribution in [0.4, 0.5) is 33.3 Å². The number of halogens is 10. The molecule has 3 aromatic carbocycles. The molecule has 1 saturated carbocycles. The third kappa shape index (κ3) is 5.79. The van der Waals surface area contributed by atoms with E-state index in [0.717, 1.165) is 24.3 Å². The molecule has 3 N–H and O–H groups in total. The minimum absolute atomic E-state index is 0.0164. The fourth-order valence-electron chi connectivity index (χ4n) is 4.12. The van der Waals surface area contributed by atoms with Gasteiger partial charge in [-0.3, -0.25) is 9.59 Å². The number of nitrogens with two attached hydrogens (primary N) is 1. The Hall–Kier alpha value is -2.30. The number of rotatable bonds is 6. The van der Waals surface area contributed by atoms with E-state index in [0.29, 0.717) is 0 Å². The zero-order chi connectivity index (χ0) is 29.0. The maximum Gasteiger partial charge on any atom is 0.417 e. The second-order valence-corrected chi connectivity index (χ2v) is 11.3. The molecule has 1 aliphatic rings. The SMILES string of the molecule is Nc1c(F)ccc(CC(=O)c2cc(NC(=O)C3C(c4cc(Cl)c(Cl)c(C(F)(F)F)c4)C3(Cl)Cl)ccc2Cl)c1F. The molecule has 2 atom stereocenters. The first-order chi connectivity index (χ1) is 18.0. The molecule has 0 aromatic heterocycles. The number of hydrogen-bond donors (Lipinski definition) is 2. The summed E-state index contributed by atoms with van der Waals surface area (Å²) in [6.45, 7) is 0. The number of ketones is 1. The first-order valence-corrected chi connectivity index (χ1v) is 12.7. The molecule has 1 fully saturated rings. The van der Waals surface area contributed by atoms with Crippen molar-refractivity contribution >= 4 is 81.1 Å². The second kappa shape index (κ2) is 10.6. The van der Waals surface area contributed by atoms with Crippen LogP contribution in [0.1, 0.15) is 33.0 Å². The third-order valence-electron chi connectivity index (χ3n) is 6.14. The Balaban J connectivity index is 1.55. The highest BCUT2D eigenvalue weighted by atomic mass is 35.5. The molecule has 0 aliphatic heterocycles. The summed E-state index contributed by atoms with van der Waals surface area (Å²) in [7, 11) is 0. The van der Waals surface area contributed by atoms with Gasteiger partial charge >= 0.3 is 6.18 Å². The van der Waals surface area contributed by atoms with Crippen molar-refractivity contribution < 1.29 is 31.5 Å². The van der Waals surface area contributed by atoms with Crippen LogP contribution in [0, 0.1) is 17.6 Å². The lowest BCUT2D eigenvalue weighted by molar-refractivity contribution is -0.137. The van der Waals surface area contributed by atoms with Gasteiger partial charge in [0.05, 0.1) is 26.5 Å². The first kappa shape index (κ1) is 29.7. The van der Waals surface area contributed by atoms with Gasteiger partial charge in [0.1, 0.15) is 15.8 Å². The quantitative estimate of drug-likeness (QED) is 0.122. The zero-order valence-electron chi connectivity index (χ0n) is 19.1. The van der Waals surface area contributed by atoms with Crippen molar-refractivity contribution in [2.45, 2.75) is 22.8 Å². The molecule has 1 aliphatic carbocycles. The summed E-state index contributed by atoms with van der Waals surface area (Å²) in [4.78, 5) is 25.8. The molecule has 0 bridgehead atoms. The number of carbonyl (C=O) groups excluding carboxylic acids is 2. The van der Waals surface area contributed by atoms with Crippen molar-refractivity contribution in [2.75, 3.05) is 11.1 Å². The molecule has 0 radical (unpaired) electrons. The van der Waals surface area contributed by atoms with Crippen molar-refractivity contribution in [1.29, 1.82) is 0 Å². The molecule has 1 amide bonds. The number of hydrogen-bond acceptors (Lipinski definition) is 3. The number of carbonyl (C=O) groups is 2. The molecule has 0 saturated heterocycles. The molecule has 2 unspecified atom stereocenters. The lowest BCUT2D eigenvalue weighted by Crippen LogP contribution is -2.17. The molecule has 4 nitrogen and oxygen atoms in total. The summed E-state index contributed by atoms with van der Waals surface area (Å²) in [5.41, 5.74) is 3.16. The van der Waals surface area contributed by atoms with Crippen LogP contribution in [0.15, 0.2) is 42.5 Å². The van der Waals surface area contributed by atoms with E-state index in [9.17, 15) is 31.5 Å². The average molecular weight is 647 g/mol. The molecule has 3 aromatic rings. The van der Waals surface area contributed by atoms with Gasteiger partial charge in [0.2, 0.25) is 5.91 Å². The summed E-state index contributed by atoms with van der Waals surface area (Å²) in [5.74, 6) is -5.73. The molecule has 4 rings (SSSR count). The average Bonchev–Trinajstić information content (AvgIpc) is 3.43. The highest BCUT2D eigenvalue weighted by Gasteiger charge is 2.68. The minimum Gasteiger partial charge on any atom is -0.394 e. The Kier molecular flexibility index (Phi) is 8.06. The van der Waals surface area contributed by atoms with Crippen LogP contribution >= 0.6 is 58.0 Å². The summed E-state index contributed by atoms with van der Waals surface area (Å²) in [5, 5.41) is 1.39. The Labute approximate surface area is 243 Å². The van der Waals surface area contributed by atoms with Crippen LogP contribution < -0.4 is 11.1 Å². The molecule has 14 heteroatoms. The highest BCUT2D eigenvalue weighted by molar-refractivity contribution is 6.53. The largest absolute Gasteiger partial charge is 0.417 e. The van der Waals surface area contributed by atoms with E-state index in [1.807, 2.05) is 0 Å². The predicted molar refractivity (Wildman–Crippen MR) is 141 cm³/mol. The monoisotopic (exact) mass is 644 g/mol.